The molecule has 1 aromatic carbocycles. The molecule has 0 aliphatic heterocycles. The first-order valence-electron chi connectivity index (χ1n) is 8.48. The van der Waals surface area contributed by atoms with E-state index in [0.29, 0.717) is 0 Å². The van der Waals surface area contributed by atoms with E-state index in [1.165, 1.54) is 24.3 Å². The number of aromatic carboxylic acids is 2. The average molecular weight is 420 g/mol. The van der Waals surface area contributed by atoms with Crippen LogP contribution in [0.4, 0.5) is 0 Å². The van der Waals surface area contributed by atoms with E-state index in [2.05, 4.69) is 0 Å². The van der Waals surface area contributed by atoms with E-state index in [-0.39, 0.29) is 24.3 Å². The second-order valence-electron chi connectivity index (χ2n) is 6.63. The molecule has 0 amide bonds. The first-order valence-corrected chi connectivity index (χ1v) is 8.48. The fraction of sp³-hybridized carbons (Fsp3) is 0.556. The minimum Gasteiger partial charge on any atom is -0.478 e. The zero-order chi connectivity index (χ0) is 22.5. The highest BCUT2D eigenvalue weighted by atomic mass is 16.5. The summed E-state index contributed by atoms with van der Waals surface area (Å²) < 4.78 is 5.15. The minimum absolute atomic E-state index is 0.0833. The SMILES string of the molecule is O=C(O)c1ccc(C(=O)O)cc1.OCC(CO)(CO)COCC(CO)(CO)CO. The van der Waals surface area contributed by atoms with Gasteiger partial charge in [-0.25, -0.2) is 9.59 Å². The van der Waals surface area contributed by atoms with Crippen molar-refractivity contribution in [1.82, 2.24) is 0 Å². The Morgan fingerprint density at radius 3 is 1.03 bits per heavy atom. The zero-order valence-electron chi connectivity index (χ0n) is 15.8. The lowest BCUT2D eigenvalue weighted by Crippen LogP contribution is -2.43. The Kier molecular flexibility index (Phi) is 12.2. The number of aliphatic hydroxyl groups excluding tert-OH is 6. The number of carboxylic acid groups (broad SMARTS) is 2. The molecule has 0 fully saturated rings. The molecule has 0 saturated heterocycles. The summed E-state index contributed by atoms with van der Waals surface area (Å²) in [6.07, 6.45) is 0. The van der Waals surface area contributed by atoms with Crippen molar-refractivity contribution >= 4 is 11.9 Å². The van der Waals surface area contributed by atoms with Crippen LogP contribution in [0.5, 0.6) is 0 Å². The fourth-order valence-electron chi connectivity index (χ4n) is 1.81. The Morgan fingerprint density at radius 1 is 0.621 bits per heavy atom. The second-order valence-corrected chi connectivity index (χ2v) is 6.63. The molecule has 1 aromatic rings. The van der Waals surface area contributed by atoms with Gasteiger partial charge in [-0.2, -0.15) is 0 Å². The summed E-state index contributed by atoms with van der Waals surface area (Å²) in [7, 11) is 0. The highest BCUT2D eigenvalue weighted by molar-refractivity contribution is 5.91. The monoisotopic (exact) mass is 420 g/mol. The summed E-state index contributed by atoms with van der Waals surface area (Å²) in [5.41, 5.74) is -2.15. The number of aliphatic hydroxyl groups is 6. The molecule has 0 aliphatic rings. The van der Waals surface area contributed by atoms with Gasteiger partial charge < -0.3 is 45.6 Å². The highest BCUT2D eigenvalue weighted by Crippen LogP contribution is 2.19. The van der Waals surface area contributed by atoms with Gasteiger partial charge in [0.25, 0.3) is 0 Å². The molecule has 11 heteroatoms. The lowest BCUT2D eigenvalue weighted by atomic mass is 9.91. The standard InChI is InChI=1S/C10H22O7.C8H6O4/c11-1-9(2-12,3-13)7-17-8-10(4-14,5-15)6-16;9-7(10)5-1-2-6(4-3-5)8(11)12/h11-16H,1-8H2;1-4H,(H,9,10)(H,11,12). The van der Waals surface area contributed by atoms with Crippen molar-refractivity contribution in [1.29, 1.82) is 0 Å². The molecule has 0 atom stereocenters. The van der Waals surface area contributed by atoms with Crippen molar-refractivity contribution in [2.75, 3.05) is 52.9 Å². The van der Waals surface area contributed by atoms with Crippen LogP contribution in [0.25, 0.3) is 0 Å². The maximum atomic E-state index is 10.3. The Balaban J connectivity index is 0.000000571. The fourth-order valence-corrected chi connectivity index (χ4v) is 1.81. The largest absolute Gasteiger partial charge is 0.478 e. The molecule has 166 valence electrons. The van der Waals surface area contributed by atoms with Crippen LogP contribution in [-0.2, 0) is 4.74 Å². The lowest BCUT2D eigenvalue weighted by Gasteiger charge is -2.31. The molecule has 0 radical (unpaired) electrons. The van der Waals surface area contributed by atoms with Crippen LogP contribution in [0.3, 0.4) is 0 Å². The Hall–Kier alpha value is -2.12. The molecule has 0 bridgehead atoms. The third-order valence-corrected chi connectivity index (χ3v) is 4.21. The van der Waals surface area contributed by atoms with Crippen LogP contribution in [0, 0.1) is 10.8 Å². The molecular formula is C18H28O11. The molecule has 0 spiro atoms. The smallest absolute Gasteiger partial charge is 0.335 e. The molecule has 0 aliphatic carbocycles. The third-order valence-electron chi connectivity index (χ3n) is 4.21. The van der Waals surface area contributed by atoms with Gasteiger partial charge in [-0.1, -0.05) is 0 Å². The number of ether oxygens (including phenoxy) is 1. The van der Waals surface area contributed by atoms with Crippen molar-refractivity contribution < 1.29 is 55.2 Å². The number of benzene rings is 1. The lowest BCUT2D eigenvalue weighted by molar-refractivity contribution is -0.103. The Labute approximate surface area is 167 Å². The van der Waals surface area contributed by atoms with Crippen molar-refractivity contribution in [3.63, 3.8) is 0 Å². The van der Waals surface area contributed by atoms with E-state index in [9.17, 15) is 9.59 Å². The molecule has 0 aromatic heterocycles. The van der Waals surface area contributed by atoms with E-state index in [1.807, 2.05) is 0 Å². The number of hydrogen-bond donors (Lipinski definition) is 8. The van der Waals surface area contributed by atoms with E-state index >= 15 is 0 Å². The van der Waals surface area contributed by atoms with Gasteiger partial charge in [0.15, 0.2) is 0 Å². The number of hydrogen-bond acceptors (Lipinski definition) is 9. The Morgan fingerprint density at radius 2 is 0.862 bits per heavy atom. The van der Waals surface area contributed by atoms with Gasteiger partial charge >= 0.3 is 11.9 Å². The maximum Gasteiger partial charge on any atom is 0.335 e. The predicted molar refractivity (Wildman–Crippen MR) is 98.6 cm³/mol. The zero-order valence-corrected chi connectivity index (χ0v) is 15.8. The number of rotatable bonds is 12. The number of carbonyl (C=O) groups is 2. The van der Waals surface area contributed by atoms with Gasteiger partial charge in [-0.15, -0.1) is 0 Å². The van der Waals surface area contributed by atoms with E-state index in [4.69, 9.17) is 45.6 Å². The van der Waals surface area contributed by atoms with Gasteiger partial charge in [-0.3, -0.25) is 0 Å². The second kappa shape index (κ2) is 13.2. The van der Waals surface area contributed by atoms with Crippen molar-refractivity contribution in [2.45, 2.75) is 0 Å². The van der Waals surface area contributed by atoms with Gasteiger partial charge in [0.2, 0.25) is 0 Å². The molecule has 1 rings (SSSR count). The van der Waals surface area contributed by atoms with Crippen LogP contribution >= 0.6 is 0 Å². The molecule has 0 unspecified atom stereocenters. The van der Waals surface area contributed by atoms with Crippen LogP contribution in [0.2, 0.25) is 0 Å². The van der Waals surface area contributed by atoms with Gasteiger partial charge in [0.05, 0.1) is 74.8 Å². The predicted octanol–water partition coefficient (Wildman–Crippen LogP) is -1.99. The molecule has 0 saturated carbocycles. The van der Waals surface area contributed by atoms with E-state index in [1.54, 1.807) is 0 Å². The molecule has 29 heavy (non-hydrogen) atoms. The summed E-state index contributed by atoms with van der Waals surface area (Å²) in [4.78, 5) is 20.7. The topological polar surface area (TPSA) is 205 Å². The van der Waals surface area contributed by atoms with Crippen LogP contribution in [-0.4, -0.2) is 106 Å². The van der Waals surface area contributed by atoms with Crippen molar-refractivity contribution in [3.05, 3.63) is 35.4 Å². The van der Waals surface area contributed by atoms with Gasteiger partial charge in [0, 0.05) is 0 Å². The highest BCUT2D eigenvalue weighted by Gasteiger charge is 2.32. The first kappa shape index (κ1) is 26.9. The van der Waals surface area contributed by atoms with Crippen molar-refractivity contribution in [2.24, 2.45) is 10.8 Å². The van der Waals surface area contributed by atoms with Crippen molar-refractivity contribution in [3.8, 4) is 0 Å². The third kappa shape index (κ3) is 8.41. The molecular weight excluding hydrogens is 392 g/mol. The first-order chi connectivity index (χ1) is 13.7. The number of carboxylic acids is 2. The van der Waals surface area contributed by atoms with E-state index in [0.717, 1.165) is 0 Å². The van der Waals surface area contributed by atoms with Gasteiger partial charge in [-0.05, 0) is 24.3 Å². The molecule has 0 heterocycles. The minimum atomic E-state index is -1.16. The maximum absolute atomic E-state index is 10.3. The average Bonchev–Trinajstić information content (AvgIpc) is 2.75. The van der Waals surface area contributed by atoms with Crippen LogP contribution in [0.15, 0.2) is 24.3 Å². The molecule has 8 N–H and O–H groups in total. The summed E-state index contributed by atoms with van der Waals surface area (Å²) >= 11 is 0. The quantitative estimate of drug-likeness (QED) is 0.186. The Bertz CT molecular complexity index is 537. The summed E-state index contributed by atoms with van der Waals surface area (Å²) in [6, 6.07) is 5.02. The summed E-state index contributed by atoms with van der Waals surface area (Å²) in [5.74, 6) is -2.13. The normalized spacial score (nSPS) is 11.5. The summed E-state index contributed by atoms with van der Waals surface area (Å²) in [5, 5.41) is 71.1. The van der Waals surface area contributed by atoms with Crippen LogP contribution in [0.1, 0.15) is 20.7 Å². The van der Waals surface area contributed by atoms with Crippen LogP contribution < -0.4 is 0 Å². The van der Waals surface area contributed by atoms with Gasteiger partial charge in [0.1, 0.15) is 0 Å². The molecule has 11 nitrogen and oxygen atoms in total. The van der Waals surface area contributed by atoms with E-state index < -0.39 is 62.4 Å². The summed E-state index contributed by atoms with van der Waals surface area (Å²) in [6.45, 7) is -3.01.